The van der Waals surface area contributed by atoms with Crippen molar-refractivity contribution in [2.75, 3.05) is 20.2 Å². The van der Waals surface area contributed by atoms with Crippen LogP contribution in [0.2, 0.25) is 0 Å². The maximum atomic E-state index is 5.48. The van der Waals surface area contributed by atoms with Crippen LogP contribution >= 0.6 is 0 Å². The zero-order chi connectivity index (χ0) is 11.7. The van der Waals surface area contributed by atoms with Gasteiger partial charge in [0, 0.05) is 19.6 Å². The number of methoxy groups -OCH3 is 1. The Hall–Kier alpha value is -0.940. The minimum absolute atomic E-state index is 0.145. The predicted molar refractivity (Wildman–Crippen MR) is 63.9 cm³/mol. The number of rotatable bonds is 2. The second kappa shape index (κ2) is 4.74. The Morgan fingerprint density at radius 2 is 1.94 bits per heavy atom. The van der Waals surface area contributed by atoms with Crippen molar-refractivity contribution in [2.24, 2.45) is 0 Å². The van der Waals surface area contributed by atoms with Gasteiger partial charge >= 0.3 is 0 Å². The molecule has 1 unspecified atom stereocenters. The number of nitrogens with zero attached hydrogens (tertiary/aromatic N) is 3. The average Bonchev–Trinajstić information content (AvgIpc) is 2.83. The van der Waals surface area contributed by atoms with E-state index >= 15 is 0 Å². The molecule has 1 atom stereocenters. The monoisotopic (exact) mass is 236 g/mol. The predicted octanol–water partition coefficient (Wildman–Crippen LogP) is 1.23. The van der Waals surface area contributed by atoms with E-state index in [4.69, 9.17) is 4.74 Å². The van der Waals surface area contributed by atoms with Crippen LogP contribution in [0, 0.1) is 0 Å². The molecule has 2 aliphatic rings. The SMILES string of the molecule is COC1CCCn2c(C3CCNCC3)nnc21. The van der Waals surface area contributed by atoms with E-state index in [9.17, 15) is 0 Å². The molecule has 1 fully saturated rings. The molecule has 1 aromatic heterocycles. The number of ether oxygens (including phenoxy) is 1. The highest BCUT2D eigenvalue weighted by molar-refractivity contribution is 5.07. The molecule has 3 rings (SSSR count). The fraction of sp³-hybridized carbons (Fsp3) is 0.833. The molecule has 0 bridgehead atoms. The van der Waals surface area contributed by atoms with E-state index in [-0.39, 0.29) is 6.10 Å². The summed E-state index contributed by atoms with van der Waals surface area (Å²) in [6, 6.07) is 0. The number of nitrogens with one attached hydrogen (secondary N) is 1. The van der Waals surface area contributed by atoms with E-state index in [0.717, 1.165) is 31.9 Å². The lowest BCUT2D eigenvalue weighted by molar-refractivity contribution is 0.0711. The first-order valence-electron chi connectivity index (χ1n) is 6.56. The van der Waals surface area contributed by atoms with Crippen LogP contribution in [0.3, 0.4) is 0 Å². The van der Waals surface area contributed by atoms with Gasteiger partial charge in [0.2, 0.25) is 0 Å². The van der Waals surface area contributed by atoms with Crippen LogP contribution < -0.4 is 5.32 Å². The lowest BCUT2D eigenvalue weighted by atomic mass is 9.96. The number of fused-ring (bicyclic) bond motifs is 1. The smallest absolute Gasteiger partial charge is 0.162 e. The molecule has 2 aliphatic heterocycles. The minimum atomic E-state index is 0.145. The van der Waals surface area contributed by atoms with Crippen molar-refractivity contribution in [1.29, 1.82) is 0 Å². The summed E-state index contributed by atoms with van der Waals surface area (Å²) in [6.45, 7) is 3.25. The van der Waals surface area contributed by atoms with E-state index in [1.807, 2.05) is 0 Å². The van der Waals surface area contributed by atoms with Crippen molar-refractivity contribution in [1.82, 2.24) is 20.1 Å². The second-order valence-corrected chi connectivity index (χ2v) is 4.96. The van der Waals surface area contributed by atoms with Gasteiger partial charge in [-0.1, -0.05) is 0 Å². The van der Waals surface area contributed by atoms with Gasteiger partial charge in [-0.25, -0.2) is 0 Å². The highest BCUT2D eigenvalue weighted by Gasteiger charge is 2.28. The highest BCUT2D eigenvalue weighted by Crippen LogP contribution is 2.31. The number of piperidine rings is 1. The van der Waals surface area contributed by atoms with Crippen molar-refractivity contribution in [3.05, 3.63) is 11.6 Å². The molecule has 0 aromatic carbocycles. The van der Waals surface area contributed by atoms with Gasteiger partial charge in [0.25, 0.3) is 0 Å². The molecule has 0 amide bonds. The fourth-order valence-corrected chi connectivity index (χ4v) is 2.96. The van der Waals surface area contributed by atoms with E-state index < -0.39 is 0 Å². The molecule has 3 heterocycles. The number of aromatic nitrogens is 3. The molecule has 0 radical (unpaired) electrons. The third-order valence-electron chi connectivity index (χ3n) is 3.93. The van der Waals surface area contributed by atoms with Gasteiger partial charge in [0.1, 0.15) is 11.9 Å². The molecule has 1 saturated heterocycles. The Kier molecular flexibility index (Phi) is 3.11. The normalized spacial score (nSPS) is 25.8. The Morgan fingerprint density at radius 1 is 1.18 bits per heavy atom. The molecule has 5 nitrogen and oxygen atoms in total. The van der Waals surface area contributed by atoms with E-state index in [0.29, 0.717) is 5.92 Å². The van der Waals surface area contributed by atoms with E-state index in [1.165, 1.54) is 25.1 Å². The van der Waals surface area contributed by atoms with Gasteiger partial charge in [-0.05, 0) is 38.8 Å². The number of hydrogen-bond donors (Lipinski definition) is 1. The first-order valence-corrected chi connectivity index (χ1v) is 6.56. The molecule has 0 saturated carbocycles. The second-order valence-electron chi connectivity index (χ2n) is 4.96. The fourth-order valence-electron chi connectivity index (χ4n) is 2.96. The molecule has 1 aromatic rings. The maximum Gasteiger partial charge on any atom is 0.162 e. The Morgan fingerprint density at radius 3 is 2.71 bits per heavy atom. The van der Waals surface area contributed by atoms with E-state index in [1.54, 1.807) is 7.11 Å². The topological polar surface area (TPSA) is 52.0 Å². The van der Waals surface area contributed by atoms with Gasteiger partial charge in [-0.2, -0.15) is 0 Å². The van der Waals surface area contributed by atoms with E-state index in [2.05, 4.69) is 20.1 Å². The summed E-state index contributed by atoms with van der Waals surface area (Å²) < 4.78 is 7.78. The van der Waals surface area contributed by atoms with Gasteiger partial charge in [-0.15, -0.1) is 10.2 Å². The summed E-state index contributed by atoms with van der Waals surface area (Å²) in [6.07, 6.45) is 4.74. The molecular formula is C12H20N4O. The van der Waals surface area contributed by atoms with Crippen LogP contribution in [0.1, 0.15) is 49.4 Å². The van der Waals surface area contributed by atoms with Crippen LogP contribution in [-0.4, -0.2) is 35.0 Å². The molecule has 0 spiro atoms. The summed E-state index contributed by atoms with van der Waals surface area (Å²) in [7, 11) is 1.76. The van der Waals surface area contributed by atoms with Gasteiger partial charge in [0.15, 0.2) is 5.82 Å². The lowest BCUT2D eigenvalue weighted by Gasteiger charge is -2.26. The van der Waals surface area contributed by atoms with Crippen molar-refractivity contribution in [3.63, 3.8) is 0 Å². The van der Waals surface area contributed by atoms with Crippen LogP contribution in [0.5, 0.6) is 0 Å². The summed E-state index contributed by atoms with van der Waals surface area (Å²) in [5, 5.41) is 12.2. The van der Waals surface area contributed by atoms with Gasteiger partial charge in [0.05, 0.1) is 0 Å². The minimum Gasteiger partial charge on any atom is -0.373 e. The van der Waals surface area contributed by atoms with Crippen LogP contribution in [-0.2, 0) is 11.3 Å². The van der Waals surface area contributed by atoms with Gasteiger partial charge < -0.3 is 14.6 Å². The summed E-state index contributed by atoms with van der Waals surface area (Å²) in [4.78, 5) is 0. The summed E-state index contributed by atoms with van der Waals surface area (Å²) >= 11 is 0. The third-order valence-corrected chi connectivity index (χ3v) is 3.93. The Balaban J connectivity index is 1.88. The number of hydrogen-bond acceptors (Lipinski definition) is 4. The van der Waals surface area contributed by atoms with Crippen molar-refractivity contribution < 1.29 is 4.74 Å². The van der Waals surface area contributed by atoms with Crippen LogP contribution in [0.15, 0.2) is 0 Å². The summed E-state index contributed by atoms with van der Waals surface area (Å²) in [5.74, 6) is 2.80. The molecule has 0 aliphatic carbocycles. The first-order chi connectivity index (χ1) is 8.40. The molecule has 5 heteroatoms. The van der Waals surface area contributed by atoms with Crippen molar-refractivity contribution >= 4 is 0 Å². The standard InChI is InChI=1S/C12H20N4O/c1-17-10-3-2-8-16-11(14-15-12(10)16)9-4-6-13-7-5-9/h9-10,13H,2-8H2,1H3. The average molecular weight is 236 g/mol. The van der Waals surface area contributed by atoms with Gasteiger partial charge in [-0.3, -0.25) is 0 Å². The molecular weight excluding hydrogens is 216 g/mol. The lowest BCUT2D eigenvalue weighted by Crippen LogP contribution is -2.29. The zero-order valence-corrected chi connectivity index (χ0v) is 10.4. The molecule has 17 heavy (non-hydrogen) atoms. The Bertz CT molecular complexity index is 384. The van der Waals surface area contributed by atoms with Crippen molar-refractivity contribution in [2.45, 2.75) is 44.2 Å². The maximum absolute atomic E-state index is 5.48. The molecule has 1 N–H and O–H groups in total. The largest absolute Gasteiger partial charge is 0.373 e. The summed E-state index contributed by atoms with van der Waals surface area (Å²) in [5.41, 5.74) is 0. The molecule has 94 valence electrons. The Labute approximate surface area is 102 Å². The first kappa shape index (κ1) is 11.2. The quantitative estimate of drug-likeness (QED) is 0.839. The highest BCUT2D eigenvalue weighted by atomic mass is 16.5. The zero-order valence-electron chi connectivity index (χ0n) is 10.4. The third kappa shape index (κ3) is 1.98. The van der Waals surface area contributed by atoms with Crippen LogP contribution in [0.4, 0.5) is 0 Å². The van der Waals surface area contributed by atoms with Crippen LogP contribution in [0.25, 0.3) is 0 Å². The van der Waals surface area contributed by atoms with Crippen molar-refractivity contribution in [3.8, 4) is 0 Å².